The Kier molecular flexibility index (Phi) is 4.77. The van der Waals surface area contributed by atoms with Crippen LogP contribution in [0.1, 0.15) is 21.5 Å². The van der Waals surface area contributed by atoms with Crippen molar-refractivity contribution in [1.29, 1.82) is 0 Å². The second-order valence-electron chi connectivity index (χ2n) is 6.36. The van der Waals surface area contributed by atoms with Crippen LogP contribution in [0.2, 0.25) is 5.02 Å². The molecule has 1 aromatic heterocycles. The minimum atomic E-state index is -0.278. The molecule has 0 bridgehead atoms. The van der Waals surface area contributed by atoms with Crippen LogP contribution in [0, 0.1) is 5.82 Å². The third-order valence-corrected chi connectivity index (χ3v) is 4.83. The van der Waals surface area contributed by atoms with E-state index in [4.69, 9.17) is 11.6 Å². The fourth-order valence-electron chi connectivity index (χ4n) is 3.23. The molecule has 6 heteroatoms. The van der Waals surface area contributed by atoms with Crippen molar-refractivity contribution in [2.24, 2.45) is 0 Å². The number of amides is 1. The van der Waals surface area contributed by atoms with Crippen LogP contribution in [0.3, 0.4) is 0 Å². The SMILES string of the molecule is O=C(c1cccnc1NCc1ccc(F)cc1)N1CCc2cc(Cl)ccc21. The van der Waals surface area contributed by atoms with Gasteiger partial charge in [-0.3, -0.25) is 4.79 Å². The number of hydrogen-bond donors (Lipinski definition) is 1. The number of anilines is 2. The van der Waals surface area contributed by atoms with Crippen molar-refractivity contribution >= 4 is 29.0 Å². The summed E-state index contributed by atoms with van der Waals surface area (Å²) >= 11 is 6.06. The van der Waals surface area contributed by atoms with E-state index in [2.05, 4.69) is 10.3 Å². The summed E-state index contributed by atoms with van der Waals surface area (Å²) in [5.74, 6) is 0.125. The number of carbonyl (C=O) groups excluding carboxylic acids is 1. The lowest BCUT2D eigenvalue weighted by Crippen LogP contribution is -2.29. The molecule has 3 aromatic rings. The minimum absolute atomic E-state index is 0.106. The molecule has 1 aliphatic heterocycles. The highest BCUT2D eigenvalue weighted by molar-refractivity contribution is 6.30. The van der Waals surface area contributed by atoms with Gasteiger partial charge < -0.3 is 10.2 Å². The van der Waals surface area contributed by atoms with Crippen molar-refractivity contribution in [1.82, 2.24) is 4.98 Å². The lowest BCUT2D eigenvalue weighted by molar-refractivity contribution is 0.0990. The van der Waals surface area contributed by atoms with E-state index in [1.54, 1.807) is 41.4 Å². The van der Waals surface area contributed by atoms with E-state index in [1.807, 2.05) is 12.1 Å². The second-order valence-corrected chi connectivity index (χ2v) is 6.80. The highest BCUT2D eigenvalue weighted by atomic mass is 35.5. The largest absolute Gasteiger partial charge is 0.365 e. The smallest absolute Gasteiger partial charge is 0.262 e. The number of carbonyl (C=O) groups is 1. The number of rotatable bonds is 4. The Hall–Kier alpha value is -2.92. The lowest BCUT2D eigenvalue weighted by atomic mass is 10.1. The lowest BCUT2D eigenvalue weighted by Gasteiger charge is -2.19. The Morgan fingerprint density at radius 3 is 2.81 bits per heavy atom. The topological polar surface area (TPSA) is 45.2 Å². The van der Waals surface area contributed by atoms with Crippen molar-refractivity contribution in [2.45, 2.75) is 13.0 Å². The summed E-state index contributed by atoms with van der Waals surface area (Å²) in [5, 5.41) is 3.86. The first-order valence-corrected chi connectivity index (χ1v) is 9.03. The summed E-state index contributed by atoms with van der Waals surface area (Å²) in [6.07, 6.45) is 2.42. The standard InChI is InChI=1S/C21H17ClFN3O/c22-16-5-8-19-15(12-16)9-11-26(19)21(27)18-2-1-10-24-20(18)25-13-14-3-6-17(23)7-4-14/h1-8,10,12H,9,11,13H2,(H,24,25). The molecule has 1 amide bonds. The first kappa shape index (κ1) is 17.5. The molecule has 0 unspecified atom stereocenters. The van der Waals surface area contributed by atoms with E-state index in [-0.39, 0.29) is 11.7 Å². The maximum atomic E-state index is 13.1. The zero-order valence-electron chi connectivity index (χ0n) is 14.5. The molecule has 0 radical (unpaired) electrons. The number of halogens is 2. The minimum Gasteiger partial charge on any atom is -0.365 e. The fraction of sp³-hybridized carbons (Fsp3) is 0.143. The molecule has 4 rings (SSSR count). The molecular weight excluding hydrogens is 365 g/mol. The number of pyridine rings is 1. The predicted octanol–water partition coefficient (Wildman–Crippen LogP) is 4.69. The molecule has 0 aliphatic carbocycles. The maximum absolute atomic E-state index is 13.1. The van der Waals surface area contributed by atoms with Gasteiger partial charge in [0.2, 0.25) is 0 Å². The summed E-state index contributed by atoms with van der Waals surface area (Å²) in [7, 11) is 0. The predicted molar refractivity (Wildman–Crippen MR) is 105 cm³/mol. The molecule has 27 heavy (non-hydrogen) atoms. The fourth-order valence-corrected chi connectivity index (χ4v) is 3.43. The Labute approximate surface area is 161 Å². The molecule has 0 spiro atoms. The maximum Gasteiger partial charge on any atom is 0.262 e. The van der Waals surface area contributed by atoms with E-state index < -0.39 is 0 Å². The highest BCUT2D eigenvalue weighted by Crippen LogP contribution is 2.32. The van der Waals surface area contributed by atoms with Gasteiger partial charge in [-0.2, -0.15) is 0 Å². The van der Waals surface area contributed by atoms with Gasteiger partial charge in [-0.15, -0.1) is 0 Å². The van der Waals surface area contributed by atoms with Gasteiger partial charge in [-0.1, -0.05) is 23.7 Å². The summed E-state index contributed by atoms with van der Waals surface area (Å²) in [6.45, 7) is 1.06. The first-order valence-electron chi connectivity index (χ1n) is 8.65. The van der Waals surface area contributed by atoms with Crippen LogP contribution >= 0.6 is 11.6 Å². The van der Waals surface area contributed by atoms with E-state index in [0.29, 0.717) is 29.5 Å². The second kappa shape index (κ2) is 7.37. The van der Waals surface area contributed by atoms with E-state index in [1.165, 1.54) is 12.1 Å². The number of nitrogens with zero attached hydrogens (tertiary/aromatic N) is 2. The molecule has 0 saturated heterocycles. The average molecular weight is 382 g/mol. The van der Waals surface area contributed by atoms with Crippen LogP contribution in [0.25, 0.3) is 0 Å². The average Bonchev–Trinajstić information content (AvgIpc) is 3.10. The summed E-state index contributed by atoms with van der Waals surface area (Å²) in [6, 6.07) is 15.3. The van der Waals surface area contributed by atoms with Crippen molar-refractivity contribution in [3.8, 4) is 0 Å². The molecule has 4 nitrogen and oxygen atoms in total. The van der Waals surface area contributed by atoms with Gasteiger partial charge in [0.25, 0.3) is 5.91 Å². The van der Waals surface area contributed by atoms with Gasteiger partial charge in [0.05, 0.1) is 5.56 Å². The van der Waals surface area contributed by atoms with Crippen LogP contribution in [0.4, 0.5) is 15.9 Å². The molecule has 136 valence electrons. The Balaban J connectivity index is 1.56. The van der Waals surface area contributed by atoms with E-state index >= 15 is 0 Å². The van der Waals surface area contributed by atoms with Crippen LogP contribution in [-0.2, 0) is 13.0 Å². The Morgan fingerprint density at radius 2 is 2.00 bits per heavy atom. The summed E-state index contributed by atoms with van der Waals surface area (Å²) in [4.78, 5) is 19.2. The number of hydrogen-bond acceptors (Lipinski definition) is 3. The normalized spacial score (nSPS) is 12.7. The van der Waals surface area contributed by atoms with Crippen molar-refractivity contribution in [2.75, 3.05) is 16.8 Å². The number of aromatic nitrogens is 1. The molecule has 2 aromatic carbocycles. The quantitative estimate of drug-likeness (QED) is 0.713. The number of fused-ring (bicyclic) bond motifs is 1. The molecule has 2 heterocycles. The zero-order chi connectivity index (χ0) is 18.8. The molecular formula is C21H17ClFN3O. The molecule has 1 N–H and O–H groups in total. The number of benzene rings is 2. The molecule has 0 fully saturated rings. The van der Waals surface area contributed by atoms with Crippen LogP contribution in [0.15, 0.2) is 60.8 Å². The molecule has 1 aliphatic rings. The zero-order valence-corrected chi connectivity index (χ0v) is 15.2. The molecule has 0 saturated carbocycles. The van der Waals surface area contributed by atoms with Crippen LogP contribution in [0.5, 0.6) is 0 Å². The summed E-state index contributed by atoms with van der Waals surface area (Å²) in [5.41, 5.74) is 3.36. The Bertz CT molecular complexity index is 991. The number of nitrogens with one attached hydrogen (secondary N) is 1. The van der Waals surface area contributed by atoms with Crippen LogP contribution in [-0.4, -0.2) is 17.4 Å². The van der Waals surface area contributed by atoms with Gasteiger partial charge in [-0.05, 0) is 60.0 Å². The third kappa shape index (κ3) is 3.64. The summed E-state index contributed by atoms with van der Waals surface area (Å²) < 4.78 is 13.0. The van der Waals surface area contributed by atoms with Crippen molar-refractivity contribution in [3.05, 3.63) is 88.3 Å². The monoisotopic (exact) mass is 381 g/mol. The van der Waals surface area contributed by atoms with E-state index in [9.17, 15) is 9.18 Å². The van der Waals surface area contributed by atoms with Gasteiger partial charge in [-0.25, -0.2) is 9.37 Å². The molecule has 0 atom stereocenters. The van der Waals surface area contributed by atoms with Gasteiger partial charge in [0.1, 0.15) is 11.6 Å². The first-order chi connectivity index (χ1) is 13.1. The van der Waals surface area contributed by atoms with Crippen molar-refractivity contribution in [3.63, 3.8) is 0 Å². The van der Waals surface area contributed by atoms with E-state index in [0.717, 1.165) is 23.2 Å². The Morgan fingerprint density at radius 1 is 1.19 bits per heavy atom. The van der Waals surface area contributed by atoms with Gasteiger partial charge in [0, 0.05) is 30.0 Å². The van der Waals surface area contributed by atoms with Crippen molar-refractivity contribution < 1.29 is 9.18 Å². The van der Waals surface area contributed by atoms with Gasteiger partial charge >= 0.3 is 0 Å². The van der Waals surface area contributed by atoms with Gasteiger partial charge in [0.15, 0.2) is 0 Å². The highest BCUT2D eigenvalue weighted by Gasteiger charge is 2.27. The third-order valence-electron chi connectivity index (χ3n) is 4.59. The van der Waals surface area contributed by atoms with Crippen LogP contribution < -0.4 is 10.2 Å².